The zero-order valence-electron chi connectivity index (χ0n) is 6.41. The smallest absolute Gasteiger partial charge is 0.324 e. The van der Waals surface area contributed by atoms with Gasteiger partial charge in [0.25, 0.3) is 0 Å². The molecular formula is C7H10N2O2. The maximum Gasteiger partial charge on any atom is 0.324 e. The molecule has 2 atom stereocenters. The Morgan fingerprint density at radius 1 is 1.91 bits per heavy atom. The monoisotopic (exact) mass is 154 g/mol. The van der Waals surface area contributed by atoms with E-state index < -0.39 is 0 Å². The van der Waals surface area contributed by atoms with Crippen LogP contribution in [0.1, 0.15) is 6.42 Å². The van der Waals surface area contributed by atoms with Crippen molar-refractivity contribution in [1.82, 2.24) is 4.90 Å². The zero-order chi connectivity index (χ0) is 8.27. The van der Waals surface area contributed by atoms with Crippen LogP contribution in [0.4, 0.5) is 0 Å². The summed E-state index contributed by atoms with van der Waals surface area (Å²) in [4.78, 5) is 12.7. The minimum Gasteiger partial charge on any atom is -0.468 e. The fraction of sp³-hybridized carbons (Fsp3) is 0.714. The topological polar surface area (TPSA) is 53.1 Å². The average Bonchev–Trinajstić information content (AvgIpc) is 2.78. The van der Waals surface area contributed by atoms with Crippen LogP contribution < -0.4 is 0 Å². The zero-order valence-corrected chi connectivity index (χ0v) is 6.41. The highest BCUT2D eigenvalue weighted by molar-refractivity contribution is 5.78. The minimum atomic E-state index is -0.192. The fourth-order valence-corrected chi connectivity index (χ4v) is 0.975. The van der Waals surface area contributed by atoms with Gasteiger partial charge >= 0.3 is 5.97 Å². The molecule has 1 fully saturated rings. The quantitative estimate of drug-likeness (QED) is 0.415. The lowest BCUT2D eigenvalue weighted by atomic mass is 10.4. The maximum absolute atomic E-state index is 10.8. The Kier molecular flexibility index (Phi) is 2.44. The molecule has 0 aromatic rings. The lowest BCUT2D eigenvalue weighted by Crippen LogP contribution is -2.14. The van der Waals surface area contributed by atoms with E-state index in [1.54, 1.807) is 0 Å². The van der Waals surface area contributed by atoms with Crippen LogP contribution in [-0.4, -0.2) is 37.1 Å². The van der Waals surface area contributed by atoms with Crippen molar-refractivity contribution in [2.45, 2.75) is 12.5 Å². The van der Waals surface area contributed by atoms with E-state index >= 15 is 0 Å². The molecule has 60 valence electrons. The van der Waals surface area contributed by atoms with Crippen molar-refractivity contribution in [3.63, 3.8) is 0 Å². The van der Waals surface area contributed by atoms with E-state index in [0.29, 0.717) is 13.0 Å². The van der Waals surface area contributed by atoms with Crippen molar-refractivity contribution in [1.29, 1.82) is 5.26 Å². The van der Waals surface area contributed by atoms with E-state index in [1.807, 2.05) is 11.0 Å². The van der Waals surface area contributed by atoms with Gasteiger partial charge in [0.1, 0.15) is 6.04 Å². The molecule has 0 spiro atoms. The molecule has 0 aromatic carbocycles. The summed E-state index contributed by atoms with van der Waals surface area (Å²) in [7, 11) is 1.38. The average molecular weight is 154 g/mol. The number of hydrogen-bond donors (Lipinski definition) is 0. The number of hydrogen-bond acceptors (Lipinski definition) is 4. The Morgan fingerprint density at radius 2 is 2.64 bits per heavy atom. The van der Waals surface area contributed by atoms with Crippen LogP contribution in [0.25, 0.3) is 0 Å². The van der Waals surface area contributed by atoms with Crippen molar-refractivity contribution in [3.8, 4) is 6.07 Å². The lowest BCUT2D eigenvalue weighted by Gasteiger charge is -1.97. The van der Waals surface area contributed by atoms with Gasteiger partial charge in [-0.25, -0.2) is 0 Å². The summed E-state index contributed by atoms with van der Waals surface area (Å²) in [6.45, 7) is 1.42. The van der Waals surface area contributed by atoms with Gasteiger partial charge in [0, 0.05) is 19.5 Å². The summed E-state index contributed by atoms with van der Waals surface area (Å²) in [5.41, 5.74) is 0. The van der Waals surface area contributed by atoms with Crippen LogP contribution in [0.5, 0.6) is 0 Å². The maximum atomic E-state index is 10.8. The van der Waals surface area contributed by atoms with E-state index in [1.165, 1.54) is 7.11 Å². The Labute approximate surface area is 65.4 Å². The second-order valence-corrected chi connectivity index (χ2v) is 2.44. The molecule has 1 heterocycles. The van der Waals surface area contributed by atoms with Crippen LogP contribution in [0.2, 0.25) is 0 Å². The van der Waals surface area contributed by atoms with Gasteiger partial charge in [-0.15, -0.1) is 0 Å². The van der Waals surface area contributed by atoms with Crippen molar-refractivity contribution in [3.05, 3.63) is 0 Å². The Bertz CT molecular complexity index is 197. The van der Waals surface area contributed by atoms with E-state index in [4.69, 9.17) is 5.26 Å². The third kappa shape index (κ3) is 1.92. The van der Waals surface area contributed by atoms with Gasteiger partial charge in [-0.2, -0.15) is 5.26 Å². The predicted octanol–water partition coefficient (Wildman–Crippen LogP) is -0.243. The van der Waals surface area contributed by atoms with Crippen LogP contribution in [0.15, 0.2) is 0 Å². The molecule has 0 aliphatic carbocycles. The molecule has 1 rings (SSSR count). The normalized spacial score (nSPS) is 27.3. The van der Waals surface area contributed by atoms with Crippen molar-refractivity contribution >= 4 is 5.97 Å². The SMILES string of the molecule is COC(=O)C1CN1CCC#N. The predicted molar refractivity (Wildman–Crippen MR) is 37.6 cm³/mol. The Balaban J connectivity index is 2.17. The summed E-state index contributed by atoms with van der Waals surface area (Å²) in [6, 6.07) is 1.95. The Hall–Kier alpha value is -1.08. The van der Waals surface area contributed by atoms with Crippen molar-refractivity contribution < 1.29 is 9.53 Å². The van der Waals surface area contributed by atoms with Crippen LogP contribution in [0.3, 0.4) is 0 Å². The number of rotatable bonds is 3. The minimum absolute atomic E-state index is 0.0756. The van der Waals surface area contributed by atoms with Gasteiger partial charge in [-0.05, 0) is 0 Å². The first kappa shape index (κ1) is 8.02. The highest BCUT2D eigenvalue weighted by Crippen LogP contribution is 2.17. The van der Waals surface area contributed by atoms with Crippen molar-refractivity contribution in [2.24, 2.45) is 0 Å². The summed E-state index contributed by atoms with van der Waals surface area (Å²) in [5.74, 6) is -0.192. The molecule has 0 amide bonds. The first-order chi connectivity index (χ1) is 5.29. The summed E-state index contributed by atoms with van der Waals surface area (Å²) in [6.07, 6.45) is 0.480. The number of nitrogens with zero attached hydrogens (tertiary/aromatic N) is 2. The second kappa shape index (κ2) is 3.35. The molecule has 11 heavy (non-hydrogen) atoms. The molecule has 1 saturated heterocycles. The third-order valence-electron chi connectivity index (χ3n) is 1.70. The molecule has 0 aromatic heterocycles. The third-order valence-corrected chi connectivity index (χ3v) is 1.70. The molecule has 1 aliphatic rings. The summed E-state index contributed by atoms with van der Waals surface area (Å²) >= 11 is 0. The van der Waals surface area contributed by atoms with Crippen LogP contribution in [0, 0.1) is 11.3 Å². The first-order valence-corrected chi connectivity index (χ1v) is 3.48. The largest absolute Gasteiger partial charge is 0.468 e. The highest BCUT2D eigenvalue weighted by atomic mass is 16.5. The van der Waals surface area contributed by atoms with Gasteiger partial charge in [0.2, 0.25) is 0 Å². The number of nitriles is 1. The highest BCUT2D eigenvalue weighted by Gasteiger charge is 2.40. The second-order valence-electron chi connectivity index (χ2n) is 2.44. The number of esters is 1. The van der Waals surface area contributed by atoms with Crippen LogP contribution >= 0.6 is 0 Å². The molecule has 0 bridgehead atoms. The summed E-state index contributed by atoms with van der Waals surface area (Å²) < 4.78 is 4.52. The van der Waals surface area contributed by atoms with Gasteiger partial charge < -0.3 is 4.74 Å². The molecule has 1 aliphatic heterocycles. The van der Waals surface area contributed by atoms with Gasteiger partial charge in [0.15, 0.2) is 0 Å². The van der Waals surface area contributed by atoms with Gasteiger partial charge in [0.05, 0.1) is 13.2 Å². The van der Waals surface area contributed by atoms with E-state index in [9.17, 15) is 4.79 Å². The van der Waals surface area contributed by atoms with E-state index in [0.717, 1.165) is 6.54 Å². The number of carbonyl (C=O) groups is 1. The van der Waals surface area contributed by atoms with Gasteiger partial charge in [-0.1, -0.05) is 0 Å². The Morgan fingerprint density at radius 3 is 3.18 bits per heavy atom. The standard InChI is InChI=1S/C7H10N2O2/c1-11-7(10)6-5-9(6)4-2-3-8/h6H,2,4-5H2,1H3. The fourth-order valence-electron chi connectivity index (χ4n) is 0.975. The van der Waals surface area contributed by atoms with E-state index in [-0.39, 0.29) is 12.0 Å². The van der Waals surface area contributed by atoms with Gasteiger partial charge in [-0.3, -0.25) is 9.69 Å². The summed E-state index contributed by atoms with van der Waals surface area (Å²) in [5, 5.41) is 8.23. The number of ether oxygens (including phenoxy) is 1. The molecule has 0 N–H and O–H groups in total. The molecule has 4 nitrogen and oxygen atoms in total. The molecule has 2 unspecified atom stereocenters. The number of methoxy groups -OCH3 is 1. The van der Waals surface area contributed by atoms with E-state index in [2.05, 4.69) is 4.74 Å². The van der Waals surface area contributed by atoms with Crippen LogP contribution in [-0.2, 0) is 9.53 Å². The number of carbonyl (C=O) groups excluding carboxylic acids is 1. The molecule has 0 radical (unpaired) electrons. The lowest BCUT2D eigenvalue weighted by molar-refractivity contribution is -0.140. The molecular weight excluding hydrogens is 144 g/mol. The molecule has 4 heteroatoms. The van der Waals surface area contributed by atoms with Crippen molar-refractivity contribution in [2.75, 3.05) is 20.2 Å². The molecule has 0 saturated carbocycles. The first-order valence-electron chi connectivity index (χ1n) is 3.48.